The molecule has 0 saturated heterocycles. The fourth-order valence-electron chi connectivity index (χ4n) is 2.49. The van der Waals surface area contributed by atoms with Crippen molar-refractivity contribution in [2.45, 2.75) is 51.5 Å². The molecule has 1 saturated carbocycles. The highest BCUT2D eigenvalue weighted by Gasteiger charge is 2.19. The summed E-state index contributed by atoms with van der Waals surface area (Å²) in [5.41, 5.74) is 0.607. The number of aromatic nitrogens is 1. The molecule has 1 heterocycles. The van der Waals surface area contributed by atoms with E-state index < -0.39 is 0 Å². The van der Waals surface area contributed by atoms with E-state index in [0.29, 0.717) is 17.9 Å². The molecule has 2 amide bonds. The minimum atomic E-state index is -0.223. The Balaban J connectivity index is 1.95. The molecule has 0 spiro atoms. The van der Waals surface area contributed by atoms with Gasteiger partial charge < -0.3 is 10.6 Å². The van der Waals surface area contributed by atoms with Crippen molar-refractivity contribution in [2.75, 3.05) is 6.54 Å². The van der Waals surface area contributed by atoms with E-state index in [4.69, 9.17) is 0 Å². The van der Waals surface area contributed by atoms with Crippen LogP contribution < -0.4 is 10.6 Å². The first-order valence-electron chi connectivity index (χ1n) is 7.77. The number of pyridine rings is 1. The maximum Gasteiger partial charge on any atom is 0.270 e. The first-order chi connectivity index (χ1) is 10.2. The molecule has 1 aliphatic rings. The Morgan fingerprint density at radius 2 is 1.86 bits per heavy atom. The van der Waals surface area contributed by atoms with Crippen molar-refractivity contribution < 1.29 is 9.59 Å². The van der Waals surface area contributed by atoms with Crippen molar-refractivity contribution >= 4 is 11.8 Å². The van der Waals surface area contributed by atoms with E-state index in [1.54, 1.807) is 18.2 Å². The molecule has 5 nitrogen and oxygen atoms in total. The first kappa shape index (κ1) is 15.5. The molecule has 1 fully saturated rings. The number of rotatable bonds is 6. The highest BCUT2D eigenvalue weighted by atomic mass is 16.2. The fraction of sp³-hybridized carbons (Fsp3) is 0.562. The lowest BCUT2D eigenvalue weighted by atomic mass is 10.2. The molecule has 2 rings (SSSR count). The van der Waals surface area contributed by atoms with Gasteiger partial charge in [-0.15, -0.1) is 0 Å². The van der Waals surface area contributed by atoms with Crippen molar-refractivity contribution in [1.82, 2.24) is 15.6 Å². The second-order valence-electron chi connectivity index (χ2n) is 5.47. The van der Waals surface area contributed by atoms with Crippen LogP contribution >= 0.6 is 0 Å². The number of carbonyl (C=O) groups is 2. The van der Waals surface area contributed by atoms with Crippen molar-refractivity contribution in [3.05, 3.63) is 29.6 Å². The van der Waals surface area contributed by atoms with E-state index in [2.05, 4.69) is 22.5 Å². The molecule has 0 radical (unpaired) electrons. The molecule has 1 aliphatic carbocycles. The van der Waals surface area contributed by atoms with E-state index in [9.17, 15) is 9.59 Å². The van der Waals surface area contributed by atoms with Gasteiger partial charge in [0, 0.05) is 12.6 Å². The lowest BCUT2D eigenvalue weighted by Gasteiger charge is -2.11. The van der Waals surface area contributed by atoms with Gasteiger partial charge >= 0.3 is 0 Å². The smallest absolute Gasteiger partial charge is 0.270 e. The van der Waals surface area contributed by atoms with Gasteiger partial charge in [0.15, 0.2) is 0 Å². The summed E-state index contributed by atoms with van der Waals surface area (Å²) in [5.74, 6) is -0.413. The molecule has 2 N–H and O–H groups in total. The van der Waals surface area contributed by atoms with Crippen LogP contribution in [0.3, 0.4) is 0 Å². The number of nitrogens with one attached hydrogen (secondary N) is 2. The van der Waals surface area contributed by atoms with Gasteiger partial charge in [0.25, 0.3) is 11.8 Å². The lowest BCUT2D eigenvalue weighted by Crippen LogP contribution is -2.33. The summed E-state index contributed by atoms with van der Waals surface area (Å²) in [6, 6.07) is 5.23. The Kier molecular flexibility index (Phi) is 5.72. The molecule has 1 aromatic rings. The van der Waals surface area contributed by atoms with Gasteiger partial charge in [-0.2, -0.15) is 0 Å². The van der Waals surface area contributed by atoms with Crippen LogP contribution in [0.1, 0.15) is 66.4 Å². The highest BCUT2D eigenvalue weighted by Crippen LogP contribution is 2.17. The number of amides is 2. The average Bonchev–Trinajstić information content (AvgIpc) is 3.00. The molecular weight excluding hydrogens is 266 g/mol. The molecule has 0 aliphatic heterocycles. The van der Waals surface area contributed by atoms with Crippen LogP contribution in [0, 0.1) is 0 Å². The van der Waals surface area contributed by atoms with E-state index in [1.807, 2.05) is 0 Å². The topological polar surface area (TPSA) is 71.1 Å². The summed E-state index contributed by atoms with van der Waals surface area (Å²) in [6.07, 6.45) is 6.35. The zero-order valence-corrected chi connectivity index (χ0v) is 12.5. The second-order valence-corrected chi connectivity index (χ2v) is 5.47. The van der Waals surface area contributed by atoms with Gasteiger partial charge in [0.1, 0.15) is 11.4 Å². The number of hydrogen-bond donors (Lipinski definition) is 2. The average molecular weight is 289 g/mol. The number of unbranched alkanes of at least 4 members (excludes halogenated alkanes) is 1. The summed E-state index contributed by atoms with van der Waals surface area (Å²) in [5, 5.41) is 5.79. The van der Waals surface area contributed by atoms with Crippen LogP contribution in [-0.4, -0.2) is 29.4 Å². The van der Waals surface area contributed by atoms with Crippen LogP contribution in [0.5, 0.6) is 0 Å². The molecule has 1 aromatic heterocycles. The van der Waals surface area contributed by atoms with Gasteiger partial charge in [-0.25, -0.2) is 4.98 Å². The van der Waals surface area contributed by atoms with Gasteiger partial charge in [-0.1, -0.05) is 32.3 Å². The quantitative estimate of drug-likeness (QED) is 0.789. The SMILES string of the molecule is CCCCNC(=O)c1cccc(C(=O)NC2CCCC2)n1. The van der Waals surface area contributed by atoms with Gasteiger partial charge in [-0.3, -0.25) is 9.59 Å². The summed E-state index contributed by atoms with van der Waals surface area (Å²) in [7, 11) is 0. The molecule has 21 heavy (non-hydrogen) atoms. The molecular formula is C16H23N3O2. The summed E-state index contributed by atoms with van der Waals surface area (Å²) >= 11 is 0. The summed E-state index contributed by atoms with van der Waals surface area (Å²) in [6.45, 7) is 2.70. The number of hydrogen-bond acceptors (Lipinski definition) is 3. The van der Waals surface area contributed by atoms with Crippen molar-refractivity contribution in [3.8, 4) is 0 Å². The largest absolute Gasteiger partial charge is 0.351 e. The van der Waals surface area contributed by atoms with E-state index in [-0.39, 0.29) is 17.9 Å². The maximum absolute atomic E-state index is 12.1. The minimum absolute atomic E-state index is 0.190. The minimum Gasteiger partial charge on any atom is -0.351 e. The van der Waals surface area contributed by atoms with Crippen LogP contribution in [-0.2, 0) is 0 Å². The zero-order chi connectivity index (χ0) is 15.1. The van der Waals surface area contributed by atoms with Crippen molar-refractivity contribution in [3.63, 3.8) is 0 Å². The standard InChI is InChI=1S/C16H23N3O2/c1-2-3-11-17-15(20)13-9-6-10-14(19-13)16(21)18-12-7-4-5-8-12/h6,9-10,12H,2-5,7-8,11H2,1H3,(H,17,20)(H,18,21). The third-order valence-corrected chi connectivity index (χ3v) is 3.72. The van der Waals surface area contributed by atoms with Gasteiger partial charge in [0.05, 0.1) is 0 Å². The monoisotopic (exact) mass is 289 g/mol. The third-order valence-electron chi connectivity index (χ3n) is 3.72. The number of carbonyl (C=O) groups excluding carboxylic acids is 2. The van der Waals surface area contributed by atoms with E-state index in [0.717, 1.165) is 38.5 Å². The Bertz CT molecular complexity index is 496. The van der Waals surface area contributed by atoms with E-state index in [1.165, 1.54) is 0 Å². The zero-order valence-electron chi connectivity index (χ0n) is 12.5. The molecule has 0 unspecified atom stereocenters. The van der Waals surface area contributed by atoms with Crippen LogP contribution in [0.15, 0.2) is 18.2 Å². The highest BCUT2D eigenvalue weighted by molar-refractivity contribution is 5.96. The van der Waals surface area contributed by atoms with Gasteiger partial charge in [-0.05, 0) is 31.4 Å². The molecule has 114 valence electrons. The first-order valence-corrected chi connectivity index (χ1v) is 7.77. The van der Waals surface area contributed by atoms with Gasteiger partial charge in [0.2, 0.25) is 0 Å². The lowest BCUT2D eigenvalue weighted by molar-refractivity contribution is 0.0931. The summed E-state index contributed by atoms with van der Waals surface area (Å²) in [4.78, 5) is 28.2. The normalized spacial score (nSPS) is 14.9. The Hall–Kier alpha value is -1.91. The third kappa shape index (κ3) is 4.55. The van der Waals surface area contributed by atoms with Crippen molar-refractivity contribution in [2.24, 2.45) is 0 Å². The Morgan fingerprint density at radius 1 is 1.19 bits per heavy atom. The predicted molar refractivity (Wildman–Crippen MR) is 81.2 cm³/mol. The Labute approximate surface area is 125 Å². The Morgan fingerprint density at radius 3 is 2.52 bits per heavy atom. The molecule has 5 heteroatoms. The summed E-state index contributed by atoms with van der Waals surface area (Å²) < 4.78 is 0. The maximum atomic E-state index is 12.1. The number of nitrogens with zero attached hydrogens (tertiary/aromatic N) is 1. The molecule has 0 aromatic carbocycles. The second kappa shape index (κ2) is 7.76. The van der Waals surface area contributed by atoms with E-state index >= 15 is 0 Å². The predicted octanol–water partition coefficient (Wildman–Crippen LogP) is 2.28. The fourth-order valence-corrected chi connectivity index (χ4v) is 2.49. The van der Waals surface area contributed by atoms with Crippen LogP contribution in [0.25, 0.3) is 0 Å². The molecule has 0 bridgehead atoms. The van der Waals surface area contributed by atoms with Crippen LogP contribution in [0.4, 0.5) is 0 Å². The molecule has 0 atom stereocenters. The van der Waals surface area contributed by atoms with Crippen molar-refractivity contribution in [1.29, 1.82) is 0 Å². The van der Waals surface area contributed by atoms with Crippen LogP contribution in [0.2, 0.25) is 0 Å².